The molecule has 1 aliphatic rings. The molecule has 0 aromatic heterocycles. The molecule has 1 aromatic rings. The molecule has 1 saturated carbocycles. The van der Waals surface area contributed by atoms with E-state index in [4.69, 9.17) is 18.0 Å². The number of nitrogens with two attached hydrogens (primary N) is 1. The lowest BCUT2D eigenvalue weighted by atomic mass is 9.73. The van der Waals surface area contributed by atoms with Crippen LogP contribution in [0.4, 0.5) is 14.5 Å². The summed E-state index contributed by atoms with van der Waals surface area (Å²) in [7, 11) is 0. The highest BCUT2D eigenvalue weighted by atomic mass is 79.9. The Hall–Kier alpha value is -1.08. The van der Waals surface area contributed by atoms with E-state index in [1.54, 1.807) is 0 Å². The predicted octanol–water partition coefficient (Wildman–Crippen LogP) is 3.90. The predicted molar refractivity (Wildman–Crippen MR) is 85.0 cm³/mol. The molecule has 2 rings (SSSR count). The summed E-state index contributed by atoms with van der Waals surface area (Å²) in [6, 6.07) is 2.18. The van der Waals surface area contributed by atoms with Gasteiger partial charge < -0.3 is 11.1 Å². The van der Waals surface area contributed by atoms with Gasteiger partial charge in [0.25, 0.3) is 0 Å². The largest absolute Gasteiger partial charge is 0.392 e. The highest BCUT2D eigenvalue weighted by Crippen LogP contribution is 2.38. The van der Waals surface area contributed by atoms with E-state index < -0.39 is 28.6 Å². The Morgan fingerprint density at radius 3 is 2.24 bits per heavy atom. The monoisotopic (exact) mass is 376 g/mol. The third-order valence-electron chi connectivity index (χ3n) is 3.86. The summed E-state index contributed by atoms with van der Waals surface area (Å²) >= 11 is 8.02. The van der Waals surface area contributed by atoms with Crippen molar-refractivity contribution in [3.05, 3.63) is 28.2 Å². The van der Waals surface area contributed by atoms with Crippen molar-refractivity contribution in [3.63, 3.8) is 0 Å². The molecule has 3 N–H and O–H groups in total. The van der Waals surface area contributed by atoms with Gasteiger partial charge in [0.2, 0.25) is 5.91 Å². The number of hydrogen-bond donors (Lipinski definition) is 2. The van der Waals surface area contributed by atoms with Crippen molar-refractivity contribution in [3.8, 4) is 0 Å². The van der Waals surface area contributed by atoms with Crippen LogP contribution in [0.15, 0.2) is 16.6 Å². The molecule has 114 valence electrons. The van der Waals surface area contributed by atoms with E-state index in [9.17, 15) is 13.6 Å². The first-order chi connectivity index (χ1) is 9.86. The lowest BCUT2D eigenvalue weighted by molar-refractivity contribution is -0.123. The summed E-state index contributed by atoms with van der Waals surface area (Å²) in [5.74, 6) is -2.22. The van der Waals surface area contributed by atoms with Gasteiger partial charge in [-0.05, 0) is 25.0 Å². The standard InChI is InChI=1S/C14H15BrF2N2OS/c15-8-6-9(16)11(10(17)7-8)19-13(20)14(12(18)21)4-2-1-3-5-14/h6-7H,1-5H2,(H2,18,21)(H,19,20). The van der Waals surface area contributed by atoms with Gasteiger partial charge in [0.1, 0.15) is 5.69 Å². The van der Waals surface area contributed by atoms with Crippen LogP contribution in [0.1, 0.15) is 32.1 Å². The van der Waals surface area contributed by atoms with Gasteiger partial charge in [0.15, 0.2) is 11.6 Å². The van der Waals surface area contributed by atoms with Crippen LogP contribution in [-0.4, -0.2) is 10.9 Å². The SMILES string of the molecule is NC(=S)C1(C(=O)Nc2c(F)cc(Br)cc2F)CCCCC1. The van der Waals surface area contributed by atoms with Gasteiger partial charge in [-0.1, -0.05) is 47.4 Å². The van der Waals surface area contributed by atoms with Gasteiger partial charge in [-0.3, -0.25) is 4.79 Å². The first-order valence-electron chi connectivity index (χ1n) is 6.63. The Bertz CT molecular complexity index is 565. The highest BCUT2D eigenvalue weighted by molar-refractivity contribution is 9.10. The average Bonchev–Trinajstić information content (AvgIpc) is 2.43. The fraction of sp³-hybridized carbons (Fsp3) is 0.429. The second kappa shape index (κ2) is 6.36. The fourth-order valence-electron chi connectivity index (χ4n) is 2.64. The number of hydrogen-bond acceptors (Lipinski definition) is 2. The topological polar surface area (TPSA) is 55.1 Å². The zero-order valence-corrected chi connectivity index (χ0v) is 13.6. The molecular weight excluding hydrogens is 362 g/mol. The van der Waals surface area contributed by atoms with E-state index in [2.05, 4.69) is 21.2 Å². The molecular formula is C14H15BrF2N2OS. The van der Waals surface area contributed by atoms with E-state index in [0.29, 0.717) is 12.8 Å². The van der Waals surface area contributed by atoms with Crippen molar-refractivity contribution in [1.29, 1.82) is 0 Å². The summed E-state index contributed by atoms with van der Waals surface area (Å²) in [5, 5.41) is 2.32. The van der Waals surface area contributed by atoms with Crippen LogP contribution in [0, 0.1) is 17.0 Å². The molecule has 0 atom stereocenters. The van der Waals surface area contributed by atoms with Gasteiger partial charge in [-0.2, -0.15) is 0 Å². The Kier molecular flexibility index (Phi) is 4.93. The fourth-order valence-corrected chi connectivity index (χ4v) is 3.33. The molecule has 0 spiro atoms. The van der Waals surface area contributed by atoms with E-state index in [1.807, 2.05) is 0 Å². The van der Waals surface area contributed by atoms with Crippen molar-refractivity contribution < 1.29 is 13.6 Å². The number of rotatable bonds is 3. The van der Waals surface area contributed by atoms with Gasteiger partial charge >= 0.3 is 0 Å². The molecule has 0 heterocycles. The number of halogens is 3. The van der Waals surface area contributed by atoms with Crippen LogP contribution in [0.2, 0.25) is 0 Å². The quantitative estimate of drug-likeness (QED) is 0.786. The van der Waals surface area contributed by atoms with Crippen molar-refractivity contribution >= 4 is 44.7 Å². The summed E-state index contributed by atoms with van der Waals surface area (Å²) in [5.41, 5.74) is 4.25. The zero-order valence-electron chi connectivity index (χ0n) is 11.2. The van der Waals surface area contributed by atoms with Crippen molar-refractivity contribution in [2.45, 2.75) is 32.1 Å². The minimum Gasteiger partial charge on any atom is -0.392 e. The van der Waals surface area contributed by atoms with Crippen molar-refractivity contribution in [2.75, 3.05) is 5.32 Å². The van der Waals surface area contributed by atoms with Crippen LogP contribution in [0.5, 0.6) is 0 Å². The molecule has 1 aliphatic carbocycles. The van der Waals surface area contributed by atoms with Crippen LogP contribution in [0.3, 0.4) is 0 Å². The Morgan fingerprint density at radius 2 is 1.76 bits per heavy atom. The zero-order chi connectivity index (χ0) is 15.6. The first kappa shape index (κ1) is 16.3. The van der Waals surface area contributed by atoms with Crippen LogP contribution in [-0.2, 0) is 4.79 Å². The van der Waals surface area contributed by atoms with Crippen LogP contribution in [0.25, 0.3) is 0 Å². The van der Waals surface area contributed by atoms with Gasteiger partial charge in [-0.25, -0.2) is 8.78 Å². The normalized spacial score (nSPS) is 17.3. The maximum atomic E-state index is 13.8. The second-order valence-electron chi connectivity index (χ2n) is 5.21. The number of carbonyl (C=O) groups is 1. The molecule has 7 heteroatoms. The molecule has 3 nitrogen and oxygen atoms in total. The van der Waals surface area contributed by atoms with Crippen molar-refractivity contribution in [2.24, 2.45) is 11.1 Å². The average molecular weight is 377 g/mol. The number of carbonyl (C=O) groups excluding carboxylic acids is 1. The minimum absolute atomic E-state index is 0.0811. The lowest BCUT2D eigenvalue weighted by Gasteiger charge is -2.34. The number of nitrogens with one attached hydrogen (secondary N) is 1. The number of amides is 1. The van der Waals surface area contributed by atoms with E-state index in [0.717, 1.165) is 31.4 Å². The highest BCUT2D eigenvalue weighted by Gasteiger charge is 2.42. The van der Waals surface area contributed by atoms with E-state index in [1.165, 1.54) is 0 Å². The molecule has 1 amide bonds. The summed E-state index contributed by atoms with van der Waals surface area (Å²) in [4.78, 5) is 12.6. The number of anilines is 1. The smallest absolute Gasteiger partial charge is 0.237 e. The lowest BCUT2D eigenvalue weighted by Crippen LogP contribution is -2.47. The summed E-state index contributed by atoms with van der Waals surface area (Å²) in [6.45, 7) is 0. The van der Waals surface area contributed by atoms with Gasteiger partial charge in [0, 0.05) is 4.47 Å². The Morgan fingerprint density at radius 1 is 1.24 bits per heavy atom. The van der Waals surface area contributed by atoms with Gasteiger partial charge in [0.05, 0.1) is 10.4 Å². The van der Waals surface area contributed by atoms with E-state index in [-0.39, 0.29) is 9.46 Å². The second-order valence-corrected chi connectivity index (χ2v) is 6.56. The first-order valence-corrected chi connectivity index (χ1v) is 7.83. The molecule has 0 aliphatic heterocycles. The minimum atomic E-state index is -1.01. The third-order valence-corrected chi connectivity index (χ3v) is 4.71. The summed E-state index contributed by atoms with van der Waals surface area (Å²) in [6.07, 6.45) is 3.65. The molecule has 0 radical (unpaired) electrons. The third kappa shape index (κ3) is 3.23. The van der Waals surface area contributed by atoms with E-state index >= 15 is 0 Å². The number of benzene rings is 1. The Balaban J connectivity index is 2.30. The van der Waals surface area contributed by atoms with Crippen LogP contribution >= 0.6 is 28.1 Å². The van der Waals surface area contributed by atoms with Gasteiger partial charge in [-0.15, -0.1) is 0 Å². The Labute approximate surface area is 135 Å². The molecule has 0 saturated heterocycles. The maximum Gasteiger partial charge on any atom is 0.237 e. The molecule has 0 unspecified atom stereocenters. The molecule has 21 heavy (non-hydrogen) atoms. The molecule has 1 fully saturated rings. The maximum absolute atomic E-state index is 13.8. The number of thiocarbonyl (C=S) groups is 1. The summed E-state index contributed by atoms with van der Waals surface area (Å²) < 4.78 is 27.9. The van der Waals surface area contributed by atoms with Crippen LogP contribution < -0.4 is 11.1 Å². The van der Waals surface area contributed by atoms with Crippen molar-refractivity contribution in [1.82, 2.24) is 0 Å². The molecule has 1 aromatic carbocycles. The molecule has 0 bridgehead atoms.